The van der Waals surface area contributed by atoms with Crippen LogP contribution in [0.15, 0.2) is 15.8 Å². The molecule has 8 heavy (non-hydrogen) atoms. The zero-order chi connectivity index (χ0) is 5.98. The van der Waals surface area contributed by atoms with E-state index in [1.807, 2.05) is 0 Å². The molecule has 1 rings (SSSR count). The highest BCUT2D eigenvalue weighted by Crippen LogP contribution is 2.03. The summed E-state index contributed by atoms with van der Waals surface area (Å²) in [5.74, 6) is 0. The maximum atomic E-state index is 3.78. The van der Waals surface area contributed by atoms with Gasteiger partial charge in [-0.1, -0.05) is 0 Å². The van der Waals surface area contributed by atoms with E-state index in [-0.39, 0.29) is 0 Å². The van der Waals surface area contributed by atoms with Gasteiger partial charge in [-0.05, 0) is 31.9 Å². The molecule has 0 aliphatic carbocycles. The molecule has 1 heterocycles. The quantitative estimate of drug-likeness (QED) is 0.686. The lowest BCUT2D eigenvalue weighted by Crippen LogP contribution is -1.84. The Labute approximate surface area is 62.8 Å². The summed E-state index contributed by atoms with van der Waals surface area (Å²) in [4.78, 5) is 11.2. The summed E-state index contributed by atoms with van der Waals surface area (Å²) >= 11 is 6.14. The molecule has 0 amide bonds. The Bertz CT molecular complexity index is 172. The van der Waals surface area contributed by atoms with Crippen LogP contribution in [0, 0.1) is 0 Å². The van der Waals surface area contributed by atoms with Crippen molar-refractivity contribution in [3.8, 4) is 0 Å². The van der Waals surface area contributed by atoms with Crippen LogP contribution in [-0.4, -0.2) is 15.0 Å². The van der Waals surface area contributed by atoms with Crippen molar-refractivity contribution < 1.29 is 0 Å². The van der Waals surface area contributed by atoms with E-state index in [4.69, 9.17) is 0 Å². The molecular weight excluding hydrogens is 238 g/mol. The molecule has 0 aliphatic rings. The fourth-order valence-corrected chi connectivity index (χ4v) is 1.02. The minimum absolute atomic E-state index is 0.541. The standard InChI is InChI=1S/C3HBr2N3/c4-2-6-1-7-3(5)8-2/h1H. The average molecular weight is 239 g/mol. The van der Waals surface area contributed by atoms with Crippen LogP contribution in [-0.2, 0) is 0 Å². The van der Waals surface area contributed by atoms with Gasteiger partial charge in [-0.15, -0.1) is 0 Å². The molecule has 0 aliphatic heterocycles. The minimum Gasteiger partial charge on any atom is -0.210 e. The first-order valence-corrected chi connectivity index (χ1v) is 3.37. The van der Waals surface area contributed by atoms with Crippen LogP contribution in [0.4, 0.5) is 0 Å². The van der Waals surface area contributed by atoms with Crippen molar-refractivity contribution in [2.45, 2.75) is 0 Å². The molecule has 0 N–H and O–H groups in total. The molecule has 0 radical (unpaired) electrons. The Kier molecular flexibility index (Phi) is 1.90. The first kappa shape index (κ1) is 6.10. The van der Waals surface area contributed by atoms with Crippen molar-refractivity contribution in [1.82, 2.24) is 15.0 Å². The van der Waals surface area contributed by atoms with Gasteiger partial charge in [-0.2, -0.15) is 4.98 Å². The Morgan fingerprint density at radius 2 is 1.62 bits per heavy atom. The molecule has 0 spiro atoms. The smallest absolute Gasteiger partial charge is 0.200 e. The molecule has 0 bridgehead atoms. The summed E-state index contributed by atoms with van der Waals surface area (Å²) < 4.78 is 1.08. The highest BCUT2D eigenvalue weighted by molar-refractivity contribution is 9.11. The SMILES string of the molecule is Brc1ncnc(Br)n1. The summed E-state index contributed by atoms with van der Waals surface area (Å²) in [7, 11) is 0. The van der Waals surface area contributed by atoms with Gasteiger partial charge >= 0.3 is 0 Å². The molecule has 5 heteroatoms. The maximum absolute atomic E-state index is 3.78. The Balaban J connectivity index is 3.08. The van der Waals surface area contributed by atoms with Crippen LogP contribution in [0.2, 0.25) is 0 Å². The second-order valence-corrected chi connectivity index (χ2v) is 2.44. The van der Waals surface area contributed by atoms with E-state index in [0.29, 0.717) is 9.47 Å². The number of nitrogens with zero attached hydrogens (tertiary/aromatic N) is 3. The van der Waals surface area contributed by atoms with Crippen molar-refractivity contribution in [3.05, 3.63) is 15.8 Å². The third kappa shape index (κ3) is 1.48. The van der Waals surface area contributed by atoms with Gasteiger partial charge in [-0.3, -0.25) is 0 Å². The summed E-state index contributed by atoms with van der Waals surface area (Å²) in [6, 6.07) is 0. The van der Waals surface area contributed by atoms with Crippen molar-refractivity contribution in [2.24, 2.45) is 0 Å². The fourth-order valence-electron chi connectivity index (χ4n) is 0.258. The molecule has 0 aromatic carbocycles. The second-order valence-electron chi connectivity index (χ2n) is 1.02. The first-order chi connectivity index (χ1) is 3.79. The van der Waals surface area contributed by atoms with Crippen molar-refractivity contribution in [2.75, 3.05) is 0 Å². The lowest BCUT2D eigenvalue weighted by molar-refractivity contribution is 0.974. The number of aromatic nitrogens is 3. The van der Waals surface area contributed by atoms with E-state index in [1.54, 1.807) is 0 Å². The summed E-state index contributed by atoms with van der Waals surface area (Å²) in [5, 5.41) is 0. The monoisotopic (exact) mass is 237 g/mol. The van der Waals surface area contributed by atoms with Crippen LogP contribution >= 0.6 is 31.9 Å². The summed E-state index contributed by atoms with van der Waals surface area (Å²) in [6.07, 6.45) is 1.42. The summed E-state index contributed by atoms with van der Waals surface area (Å²) in [6.45, 7) is 0. The van der Waals surface area contributed by atoms with Gasteiger partial charge in [0.05, 0.1) is 0 Å². The molecule has 0 saturated heterocycles. The fraction of sp³-hybridized carbons (Fsp3) is 0. The van der Waals surface area contributed by atoms with Crippen molar-refractivity contribution >= 4 is 31.9 Å². The molecule has 42 valence electrons. The van der Waals surface area contributed by atoms with Gasteiger partial charge in [0.25, 0.3) is 0 Å². The minimum atomic E-state index is 0.541. The first-order valence-electron chi connectivity index (χ1n) is 1.79. The molecule has 3 nitrogen and oxygen atoms in total. The molecule has 0 atom stereocenters. The summed E-state index contributed by atoms with van der Waals surface area (Å²) in [5.41, 5.74) is 0. The predicted octanol–water partition coefficient (Wildman–Crippen LogP) is 1.40. The van der Waals surface area contributed by atoms with E-state index in [9.17, 15) is 0 Å². The largest absolute Gasteiger partial charge is 0.210 e. The highest BCUT2D eigenvalue weighted by atomic mass is 79.9. The Hall–Kier alpha value is -0.0300. The van der Waals surface area contributed by atoms with Crippen LogP contribution < -0.4 is 0 Å². The van der Waals surface area contributed by atoms with E-state index in [0.717, 1.165) is 0 Å². The third-order valence-corrected chi connectivity index (χ3v) is 1.28. The number of rotatable bonds is 0. The lowest BCUT2D eigenvalue weighted by Gasteiger charge is -1.85. The second kappa shape index (κ2) is 2.50. The topological polar surface area (TPSA) is 38.7 Å². The van der Waals surface area contributed by atoms with Crippen LogP contribution in [0.5, 0.6) is 0 Å². The molecule has 0 fully saturated rings. The van der Waals surface area contributed by atoms with E-state index < -0.39 is 0 Å². The van der Waals surface area contributed by atoms with Gasteiger partial charge in [-0.25, -0.2) is 9.97 Å². The van der Waals surface area contributed by atoms with Gasteiger partial charge < -0.3 is 0 Å². The lowest BCUT2D eigenvalue weighted by atomic mass is 11.1. The van der Waals surface area contributed by atoms with Crippen LogP contribution in [0.3, 0.4) is 0 Å². The number of hydrogen-bond donors (Lipinski definition) is 0. The number of halogens is 2. The average Bonchev–Trinajstić information content (AvgIpc) is 1.64. The van der Waals surface area contributed by atoms with Crippen molar-refractivity contribution in [3.63, 3.8) is 0 Å². The maximum Gasteiger partial charge on any atom is 0.200 e. The Morgan fingerprint density at radius 1 is 1.12 bits per heavy atom. The molecular formula is C3HBr2N3. The molecule has 1 aromatic rings. The molecule has 1 aromatic heterocycles. The van der Waals surface area contributed by atoms with Crippen molar-refractivity contribution in [1.29, 1.82) is 0 Å². The zero-order valence-corrected chi connectivity index (χ0v) is 6.85. The van der Waals surface area contributed by atoms with E-state index >= 15 is 0 Å². The third-order valence-electron chi connectivity index (χ3n) is 0.513. The van der Waals surface area contributed by atoms with Gasteiger partial charge in [0.2, 0.25) is 9.47 Å². The molecule has 0 unspecified atom stereocenters. The molecule has 0 saturated carbocycles. The van der Waals surface area contributed by atoms with Crippen LogP contribution in [0.1, 0.15) is 0 Å². The predicted molar refractivity (Wildman–Crippen MR) is 35.2 cm³/mol. The zero-order valence-electron chi connectivity index (χ0n) is 3.67. The van der Waals surface area contributed by atoms with Crippen LogP contribution in [0.25, 0.3) is 0 Å². The highest BCUT2D eigenvalue weighted by Gasteiger charge is 1.88. The van der Waals surface area contributed by atoms with E-state index in [2.05, 4.69) is 46.8 Å². The Morgan fingerprint density at radius 3 is 1.88 bits per heavy atom. The van der Waals surface area contributed by atoms with Gasteiger partial charge in [0.15, 0.2) is 0 Å². The number of hydrogen-bond acceptors (Lipinski definition) is 3. The van der Waals surface area contributed by atoms with Gasteiger partial charge in [0, 0.05) is 0 Å². The van der Waals surface area contributed by atoms with Gasteiger partial charge in [0.1, 0.15) is 6.33 Å². The van der Waals surface area contributed by atoms with E-state index in [1.165, 1.54) is 6.33 Å². The normalized spacial score (nSPS) is 9.25.